The number of nitrogens with zero attached hydrogens (tertiary/aromatic N) is 6. The molecule has 1 aliphatic heterocycles. The summed E-state index contributed by atoms with van der Waals surface area (Å²) >= 11 is 0. The molecule has 3 heterocycles. The smallest absolute Gasteiger partial charge is 0.254 e. The summed E-state index contributed by atoms with van der Waals surface area (Å²) in [6.07, 6.45) is 1.48. The minimum Gasteiger partial charge on any atom is -0.354 e. The normalized spacial score (nSPS) is 15.8. The molecule has 0 amide bonds. The first-order chi connectivity index (χ1) is 12.9. The number of aryl methyl sites for hydroxylation is 1. The largest absolute Gasteiger partial charge is 0.354 e. The number of rotatable bonds is 5. The summed E-state index contributed by atoms with van der Waals surface area (Å²) in [6.45, 7) is 4.86. The maximum absolute atomic E-state index is 12.6. The average molecular weight is 386 g/mol. The Bertz CT molecular complexity index is 1070. The maximum atomic E-state index is 12.6. The molecule has 9 heteroatoms. The van der Waals surface area contributed by atoms with Crippen molar-refractivity contribution in [2.24, 2.45) is 0 Å². The van der Waals surface area contributed by atoms with Gasteiger partial charge in [0.1, 0.15) is 12.1 Å². The molecule has 0 bridgehead atoms. The van der Waals surface area contributed by atoms with E-state index in [1.165, 1.54) is 6.33 Å². The molecule has 4 rings (SSSR count). The van der Waals surface area contributed by atoms with Crippen LogP contribution in [0, 0.1) is 13.8 Å². The fourth-order valence-corrected chi connectivity index (χ4v) is 4.96. The third-order valence-electron chi connectivity index (χ3n) is 5.17. The Morgan fingerprint density at radius 2 is 1.89 bits per heavy atom. The van der Waals surface area contributed by atoms with Crippen molar-refractivity contribution in [3.8, 4) is 0 Å². The minimum absolute atomic E-state index is 0.0327. The van der Waals surface area contributed by atoms with Gasteiger partial charge in [0, 0.05) is 31.4 Å². The van der Waals surface area contributed by atoms with Crippen molar-refractivity contribution in [1.29, 1.82) is 0 Å². The van der Waals surface area contributed by atoms with Gasteiger partial charge in [-0.15, -0.1) is 0 Å². The number of hydrogen-bond acceptors (Lipinski definition) is 6. The van der Waals surface area contributed by atoms with Crippen molar-refractivity contribution in [1.82, 2.24) is 23.9 Å². The second-order valence-corrected chi connectivity index (χ2v) is 8.91. The van der Waals surface area contributed by atoms with Gasteiger partial charge < -0.3 is 4.90 Å². The number of anilines is 1. The molecule has 0 aliphatic carbocycles. The second-order valence-electron chi connectivity index (χ2n) is 6.94. The van der Waals surface area contributed by atoms with Crippen LogP contribution in [0.4, 0.5) is 5.82 Å². The third-order valence-corrected chi connectivity index (χ3v) is 6.96. The summed E-state index contributed by atoms with van der Waals surface area (Å²) in [5, 5.41) is 4.28. The molecule has 0 saturated carbocycles. The lowest BCUT2D eigenvalue weighted by atomic mass is 10.1. The molecule has 0 atom stereocenters. The zero-order valence-electron chi connectivity index (χ0n) is 15.6. The van der Waals surface area contributed by atoms with Gasteiger partial charge >= 0.3 is 0 Å². The highest BCUT2D eigenvalue weighted by Gasteiger charge is 2.39. The minimum atomic E-state index is -3.32. The number of fused-ring (bicyclic) bond motifs is 1. The summed E-state index contributed by atoms with van der Waals surface area (Å²) in [7, 11) is -1.35. The molecule has 3 aromatic rings. The molecule has 1 fully saturated rings. The third kappa shape index (κ3) is 3.17. The predicted octanol–water partition coefficient (Wildman–Crippen LogP) is 1.39. The van der Waals surface area contributed by atoms with E-state index < -0.39 is 10.0 Å². The van der Waals surface area contributed by atoms with Gasteiger partial charge in [-0.2, -0.15) is 18.9 Å². The zero-order valence-corrected chi connectivity index (χ0v) is 16.4. The molecular weight excluding hydrogens is 364 g/mol. The van der Waals surface area contributed by atoms with Crippen LogP contribution >= 0.6 is 0 Å². The molecule has 0 spiro atoms. The van der Waals surface area contributed by atoms with Gasteiger partial charge in [0.15, 0.2) is 0 Å². The van der Waals surface area contributed by atoms with Crippen LogP contribution in [-0.2, 0) is 15.8 Å². The quantitative estimate of drug-likeness (QED) is 0.659. The summed E-state index contributed by atoms with van der Waals surface area (Å²) in [6, 6.07) is 9.36. The van der Waals surface area contributed by atoms with Crippen molar-refractivity contribution < 1.29 is 8.42 Å². The van der Waals surface area contributed by atoms with Crippen LogP contribution in [0.15, 0.2) is 36.7 Å². The molecule has 1 aromatic carbocycles. The standard InChI is InChI=1S/C18H22N6O2S/c1-13-14(2)21-18-19-12-20-24(18)17(13)22(3)16-9-23(10-16)27(25,26)11-15-7-5-4-6-8-15/h4-8,12,16H,9-11H2,1-3H3. The number of sulfonamides is 1. The first kappa shape index (κ1) is 17.9. The van der Waals surface area contributed by atoms with E-state index >= 15 is 0 Å². The monoisotopic (exact) mass is 386 g/mol. The van der Waals surface area contributed by atoms with Crippen LogP contribution in [0.5, 0.6) is 0 Å². The highest BCUT2D eigenvalue weighted by atomic mass is 32.2. The highest BCUT2D eigenvalue weighted by molar-refractivity contribution is 7.88. The van der Waals surface area contributed by atoms with E-state index in [4.69, 9.17) is 0 Å². The Hall–Kier alpha value is -2.52. The van der Waals surface area contributed by atoms with Crippen LogP contribution < -0.4 is 4.90 Å². The van der Waals surface area contributed by atoms with Crippen molar-refractivity contribution in [2.45, 2.75) is 25.6 Å². The van der Waals surface area contributed by atoms with Crippen molar-refractivity contribution in [3.05, 3.63) is 53.5 Å². The van der Waals surface area contributed by atoms with Gasteiger partial charge in [0.25, 0.3) is 5.78 Å². The molecule has 8 nitrogen and oxygen atoms in total. The van der Waals surface area contributed by atoms with Crippen LogP contribution in [0.3, 0.4) is 0 Å². The van der Waals surface area contributed by atoms with Crippen LogP contribution in [-0.4, -0.2) is 58.5 Å². The van der Waals surface area contributed by atoms with Crippen LogP contribution in [0.25, 0.3) is 5.78 Å². The van der Waals surface area contributed by atoms with Crippen molar-refractivity contribution in [2.75, 3.05) is 25.0 Å². The van der Waals surface area contributed by atoms with Gasteiger partial charge in [0.2, 0.25) is 10.0 Å². The van der Waals surface area contributed by atoms with Crippen molar-refractivity contribution in [3.63, 3.8) is 0 Å². The Balaban J connectivity index is 1.51. The van der Waals surface area contributed by atoms with Crippen LogP contribution in [0.1, 0.15) is 16.8 Å². The SMILES string of the molecule is Cc1nc2ncnn2c(N(C)C2CN(S(=O)(=O)Cc3ccccc3)C2)c1C. The lowest BCUT2D eigenvalue weighted by Crippen LogP contribution is -2.60. The fraction of sp³-hybridized carbons (Fsp3) is 0.389. The van der Waals surface area contributed by atoms with E-state index in [9.17, 15) is 8.42 Å². The van der Waals surface area contributed by atoms with Crippen molar-refractivity contribution >= 4 is 21.6 Å². The van der Waals surface area contributed by atoms with E-state index in [2.05, 4.69) is 20.0 Å². The van der Waals surface area contributed by atoms with Gasteiger partial charge in [0.05, 0.1) is 11.8 Å². The molecular formula is C18H22N6O2S. The molecule has 0 unspecified atom stereocenters. The highest BCUT2D eigenvalue weighted by Crippen LogP contribution is 2.28. The number of hydrogen-bond donors (Lipinski definition) is 0. The first-order valence-corrected chi connectivity index (χ1v) is 10.4. The summed E-state index contributed by atoms with van der Waals surface area (Å²) in [4.78, 5) is 10.7. The summed E-state index contributed by atoms with van der Waals surface area (Å²) < 4.78 is 28.6. The van der Waals surface area contributed by atoms with Gasteiger partial charge in [-0.1, -0.05) is 30.3 Å². The lowest BCUT2D eigenvalue weighted by Gasteiger charge is -2.44. The van der Waals surface area contributed by atoms with E-state index in [1.54, 1.807) is 8.82 Å². The number of likely N-dealkylation sites (N-methyl/N-ethyl adjacent to an activating group) is 1. The van der Waals surface area contributed by atoms with Gasteiger partial charge in [-0.25, -0.2) is 13.4 Å². The topological polar surface area (TPSA) is 83.7 Å². The van der Waals surface area contributed by atoms with Gasteiger partial charge in [-0.05, 0) is 19.4 Å². The predicted molar refractivity (Wildman–Crippen MR) is 103 cm³/mol. The molecule has 142 valence electrons. The Labute approximate surface area is 158 Å². The average Bonchev–Trinajstić information content (AvgIpc) is 3.02. The summed E-state index contributed by atoms with van der Waals surface area (Å²) in [5.74, 6) is 1.48. The molecule has 1 aliphatic rings. The molecule has 0 N–H and O–H groups in total. The number of aromatic nitrogens is 4. The second kappa shape index (κ2) is 6.58. The first-order valence-electron chi connectivity index (χ1n) is 8.78. The van der Waals surface area contributed by atoms with E-state index in [-0.39, 0.29) is 11.8 Å². The van der Waals surface area contributed by atoms with E-state index in [1.807, 2.05) is 51.2 Å². The number of benzene rings is 1. The Kier molecular flexibility index (Phi) is 4.35. The molecule has 1 saturated heterocycles. The van der Waals surface area contributed by atoms with Gasteiger partial charge in [-0.3, -0.25) is 0 Å². The zero-order chi connectivity index (χ0) is 19.2. The van der Waals surface area contributed by atoms with E-state index in [0.29, 0.717) is 18.9 Å². The summed E-state index contributed by atoms with van der Waals surface area (Å²) in [5.41, 5.74) is 2.71. The molecule has 27 heavy (non-hydrogen) atoms. The van der Waals surface area contributed by atoms with E-state index in [0.717, 1.165) is 22.6 Å². The molecule has 0 radical (unpaired) electrons. The maximum Gasteiger partial charge on any atom is 0.254 e. The van der Waals surface area contributed by atoms with Crippen LogP contribution in [0.2, 0.25) is 0 Å². The lowest BCUT2D eigenvalue weighted by molar-refractivity contribution is 0.257. The Morgan fingerprint density at radius 1 is 1.19 bits per heavy atom. The fourth-order valence-electron chi connectivity index (χ4n) is 3.37. The molecule has 2 aromatic heterocycles. The Morgan fingerprint density at radius 3 is 2.59 bits per heavy atom.